The molecule has 4 aromatic rings. The van der Waals surface area contributed by atoms with E-state index in [0.717, 1.165) is 5.56 Å². The second-order valence-corrected chi connectivity index (χ2v) is 8.02. The average Bonchev–Trinajstić information content (AvgIpc) is 2.91. The number of rotatable bonds is 9. The number of benzene rings is 4. The summed E-state index contributed by atoms with van der Waals surface area (Å²) >= 11 is 0. The number of phenols is 1. The van der Waals surface area contributed by atoms with Crippen molar-refractivity contribution in [1.82, 2.24) is 0 Å². The van der Waals surface area contributed by atoms with Gasteiger partial charge >= 0.3 is 5.97 Å². The van der Waals surface area contributed by atoms with Crippen LogP contribution < -0.4 is 14.2 Å². The van der Waals surface area contributed by atoms with Crippen LogP contribution in [0.5, 0.6) is 23.0 Å². The SMILES string of the molecule is COc1cc(-c2ccc(O)cc2)c(OC)c(C(=O)O)c1-c1ccc(OCc2ccccc2)c(CO)c1. The van der Waals surface area contributed by atoms with Gasteiger partial charge in [0.15, 0.2) is 0 Å². The van der Waals surface area contributed by atoms with Crippen molar-refractivity contribution < 1.29 is 34.3 Å². The molecule has 36 heavy (non-hydrogen) atoms. The minimum Gasteiger partial charge on any atom is -0.508 e. The lowest BCUT2D eigenvalue weighted by Crippen LogP contribution is -2.07. The Labute approximate surface area is 208 Å². The zero-order valence-corrected chi connectivity index (χ0v) is 19.9. The number of aliphatic hydroxyl groups excluding tert-OH is 1. The maximum absolute atomic E-state index is 12.5. The zero-order chi connectivity index (χ0) is 25.7. The number of carbonyl (C=O) groups is 1. The molecule has 4 rings (SSSR count). The number of aromatic hydroxyl groups is 1. The molecule has 0 saturated heterocycles. The number of ether oxygens (including phenoxy) is 3. The molecule has 0 aromatic heterocycles. The minimum atomic E-state index is -1.20. The van der Waals surface area contributed by atoms with Gasteiger partial charge in [0, 0.05) is 16.7 Å². The Hall–Kier alpha value is -4.49. The van der Waals surface area contributed by atoms with Crippen LogP contribution in [0.2, 0.25) is 0 Å². The first kappa shape index (κ1) is 24.6. The van der Waals surface area contributed by atoms with Gasteiger partial charge in [0.25, 0.3) is 0 Å². The molecule has 0 fully saturated rings. The van der Waals surface area contributed by atoms with Crippen LogP contribution in [0.15, 0.2) is 78.9 Å². The molecule has 0 heterocycles. The van der Waals surface area contributed by atoms with Crippen molar-refractivity contribution in [3.63, 3.8) is 0 Å². The number of hydrogen-bond donors (Lipinski definition) is 3. The molecule has 7 heteroatoms. The van der Waals surface area contributed by atoms with Gasteiger partial charge < -0.3 is 29.5 Å². The van der Waals surface area contributed by atoms with Crippen molar-refractivity contribution in [2.75, 3.05) is 14.2 Å². The number of methoxy groups -OCH3 is 2. The Bertz CT molecular complexity index is 1360. The second-order valence-electron chi connectivity index (χ2n) is 8.02. The summed E-state index contributed by atoms with van der Waals surface area (Å²) in [4.78, 5) is 12.5. The summed E-state index contributed by atoms with van der Waals surface area (Å²) in [5.74, 6) is -0.146. The lowest BCUT2D eigenvalue weighted by atomic mass is 9.91. The van der Waals surface area contributed by atoms with Crippen LogP contribution >= 0.6 is 0 Å². The molecule has 0 aliphatic carbocycles. The summed E-state index contributed by atoms with van der Waals surface area (Å²) < 4.78 is 17.1. The monoisotopic (exact) mass is 486 g/mol. The maximum Gasteiger partial charge on any atom is 0.340 e. The minimum absolute atomic E-state index is 0.0817. The van der Waals surface area contributed by atoms with Crippen molar-refractivity contribution >= 4 is 5.97 Å². The molecule has 7 nitrogen and oxygen atoms in total. The molecule has 0 radical (unpaired) electrons. The van der Waals surface area contributed by atoms with Crippen molar-refractivity contribution in [2.45, 2.75) is 13.2 Å². The van der Waals surface area contributed by atoms with E-state index >= 15 is 0 Å². The summed E-state index contributed by atoms with van der Waals surface area (Å²) in [6.07, 6.45) is 0. The molecule has 4 aromatic carbocycles. The van der Waals surface area contributed by atoms with Crippen LogP contribution in [-0.4, -0.2) is 35.5 Å². The number of aliphatic hydroxyl groups is 1. The Morgan fingerprint density at radius 3 is 2.14 bits per heavy atom. The van der Waals surface area contributed by atoms with E-state index in [-0.39, 0.29) is 23.7 Å². The highest BCUT2D eigenvalue weighted by molar-refractivity contribution is 6.04. The molecule has 0 amide bonds. The maximum atomic E-state index is 12.5. The Morgan fingerprint density at radius 2 is 1.53 bits per heavy atom. The molecule has 0 aliphatic rings. The van der Waals surface area contributed by atoms with Gasteiger partial charge in [-0.1, -0.05) is 48.5 Å². The van der Waals surface area contributed by atoms with Crippen molar-refractivity contribution in [2.24, 2.45) is 0 Å². The first-order valence-corrected chi connectivity index (χ1v) is 11.2. The van der Waals surface area contributed by atoms with Gasteiger partial charge in [-0.05, 0) is 47.0 Å². The predicted molar refractivity (Wildman–Crippen MR) is 136 cm³/mol. The van der Waals surface area contributed by atoms with E-state index in [1.165, 1.54) is 26.4 Å². The number of hydrogen-bond acceptors (Lipinski definition) is 6. The van der Waals surface area contributed by atoms with Gasteiger partial charge in [-0.2, -0.15) is 0 Å². The second kappa shape index (κ2) is 10.8. The van der Waals surface area contributed by atoms with E-state index in [9.17, 15) is 20.1 Å². The standard InChI is InChI=1S/C29H26O7/c1-34-25-15-23(19-8-11-22(31)12-9-19)28(35-2)27(29(32)33)26(25)20-10-13-24(21(14-20)16-30)36-17-18-6-4-3-5-7-18/h3-15,30-31H,16-17H2,1-2H3,(H,32,33). The highest BCUT2D eigenvalue weighted by Crippen LogP contribution is 2.46. The van der Waals surface area contributed by atoms with Crippen molar-refractivity contribution in [3.05, 3.63) is 95.6 Å². The van der Waals surface area contributed by atoms with E-state index in [1.54, 1.807) is 36.4 Å². The summed E-state index contributed by atoms with van der Waals surface area (Å²) in [7, 11) is 2.86. The zero-order valence-electron chi connectivity index (χ0n) is 19.9. The third-order valence-corrected chi connectivity index (χ3v) is 5.82. The summed E-state index contributed by atoms with van der Waals surface area (Å²) in [6, 6.07) is 22.8. The fourth-order valence-corrected chi connectivity index (χ4v) is 4.09. The average molecular weight is 487 g/mol. The van der Waals surface area contributed by atoms with Crippen molar-refractivity contribution in [3.8, 4) is 45.3 Å². The third kappa shape index (κ3) is 4.96. The number of phenolic OH excluding ortho intramolecular Hbond substituents is 1. The third-order valence-electron chi connectivity index (χ3n) is 5.82. The van der Waals surface area contributed by atoms with Crippen molar-refractivity contribution in [1.29, 1.82) is 0 Å². The summed E-state index contributed by atoms with van der Waals surface area (Å²) in [5.41, 5.74) is 3.39. The van der Waals surface area contributed by atoms with Gasteiger partial charge in [-0.3, -0.25) is 0 Å². The van der Waals surface area contributed by atoms with Gasteiger partial charge in [0.05, 0.1) is 20.8 Å². The van der Waals surface area contributed by atoms with Crippen LogP contribution in [-0.2, 0) is 13.2 Å². The molecule has 0 spiro atoms. The Morgan fingerprint density at radius 1 is 0.833 bits per heavy atom. The lowest BCUT2D eigenvalue weighted by Gasteiger charge is -2.20. The first-order valence-electron chi connectivity index (χ1n) is 11.2. The molecule has 3 N–H and O–H groups in total. The molecule has 184 valence electrons. The topological polar surface area (TPSA) is 105 Å². The molecule has 0 aliphatic heterocycles. The molecule has 0 saturated carbocycles. The number of aromatic carboxylic acids is 1. The van der Waals surface area contributed by atoms with Crippen LogP contribution in [0.4, 0.5) is 0 Å². The molecule has 0 atom stereocenters. The normalized spacial score (nSPS) is 10.6. The summed E-state index contributed by atoms with van der Waals surface area (Å²) in [6.45, 7) is 0.0252. The van der Waals surface area contributed by atoms with Crippen LogP contribution in [0, 0.1) is 0 Å². The lowest BCUT2D eigenvalue weighted by molar-refractivity contribution is 0.0694. The highest BCUT2D eigenvalue weighted by atomic mass is 16.5. The van der Waals surface area contributed by atoms with Gasteiger partial charge in [-0.25, -0.2) is 4.79 Å². The largest absolute Gasteiger partial charge is 0.508 e. The van der Waals surface area contributed by atoms with E-state index < -0.39 is 5.97 Å². The quantitative estimate of drug-likeness (QED) is 0.286. The molecule has 0 unspecified atom stereocenters. The van der Waals surface area contributed by atoms with E-state index in [2.05, 4.69) is 0 Å². The first-order chi connectivity index (χ1) is 17.5. The van der Waals surface area contributed by atoms with Gasteiger partial charge in [-0.15, -0.1) is 0 Å². The fraction of sp³-hybridized carbons (Fsp3) is 0.138. The molecular weight excluding hydrogens is 460 g/mol. The van der Waals surface area contributed by atoms with Gasteiger partial charge in [0.2, 0.25) is 0 Å². The van der Waals surface area contributed by atoms with Crippen LogP contribution in [0.3, 0.4) is 0 Å². The Balaban J connectivity index is 1.83. The number of carboxylic acid groups (broad SMARTS) is 1. The highest BCUT2D eigenvalue weighted by Gasteiger charge is 2.27. The van der Waals surface area contributed by atoms with E-state index in [0.29, 0.717) is 45.9 Å². The van der Waals surface area contributed by atoms with E-state index in [4.69, 9.17) is 14.2 Å². The fourth-order valence-electron chi connectivity index (χ4n) is 4.09. The van der Waals surface area contributed by atoms with Crippen LogP contribution in [0.1, 0.15) is 21.5 Å². The van der Waals surface area contributed by atoms with Gasteiger partial charge in [0.1, 0.15) is 35.2 Å². The molecule has 0 bridgehead atoms. The number of carboxylic acids is 1. The van der Waals surface area contributed by atoms with Crippen LogP contribution in [0.25, 0.3) is 22.3 Å². The summed E-state index contributed by atoms with van der Waals surface area (Å²) in [5, 5.41) is 29.9. The Kier molecular flexibility index (Phi) is 7.42. The predicted octanol–water partition coefficient (Wildman–Crippen LogP) is 5.51. The van der Waals surface area contributed by atoms with E-state index in [1.807, 2.05) is 30.3 Å². The smallest absolute Gasteiger partial charge is 0.340 e. The molecular formula is C29H26O7.